The minimum Gasteiger partial charge on any atom is -0.270 e. The van der Waals surface area contributed by atoms with Gasteiger partial charge in [0.1, 0.15) is 6.54 Å². The molecule has 0 saturated carbocycles. The molecule has 0 bridgehead atoms. The number of hydrogen-bond acceptors (Lipinski definition) is 5. The SMILES string of the molecule is C=CCN1C(=O)C2C(=NC3=[N+]2CC(C(C)(C)C)=NN3C)N(C)C1=O. The van der Waals surface area contributed by atoms with Crippen molar-refractivity contribution in [2.45, 2.75) is 26.8 Å². The molecule has 3 rings (SSSR count). The van der Waals surface area contributed by atoms with Gasteiger partial charge in [-0.25, -0.2) is 9.37 Å². The smallest absolute Gasteiger partial charge is 0.270 e. The highest BCUT2D eigenvalue weighted by molar-refractivity contribution is 6.23. The largest absolute Gasteiger partial charge is 0.416 e. The van der Waals surface area contributed by atoms with Crippen molar-refractivity contribution in [2.24, 2.45) is 15.5 Å². The molecule has 0 spiro atoms. The molecule has 0 aromatic carbocycles. The van der Waals surface area contributed by atoms with Crippen molar-refractivity contribution in [3.8, 4) is 0 Å². The van der Waals surface area contributed by atoms with Crippen LogP contribution in [0.5, 0.6) is 0 Å². The van der Waals surface area contributed by atoms with Crippen molar-refractivity contribution >= 4 is 29.4 Å². The van der Waals surface area contributed by atoms with E-state index in [9.17, 15) is 9.59 Å². The first kappa shape index (κ1) is 16.4. The summed E-state index contributed by atoms with van der Waals surface area (Å²) in [5.41, 5.74) is 0.843. The van der Waals surface area contributed by atoms with E-state index < -0.39 is 6.04 Å². The molecule has 3 heterocycles. The van der Waals surface area contributed by atoms with E-state index in [0.29, 0.717) is 18.3 Å². The minimum absolute atomic E-state index is 0.122. The number of aliphatic imine (C=N–C) groups is 1. The lowest BCUT2D eigenvalue weighted by Gasteiger charge is -2.34. The van der Waals surface area contributed by atoms with Crippen LogP contribution in [0.1, 0.15) is 20.8 Å². The first-order valence-electron chi connectivity index (χ1n) is 7.90. The Balaban J connectivity index is 2.01. The van der Waals surface area contributed by atoms with Gasteiger partial charge in [-0.15, -0.1) is 16.7 Å². The fourth-order valence-electron chi connectivity index (χ4n) is 3.03. The van der Waals surface area contributed by atoms with Crippen molar-refractivity contribution in [3.05, 3.63) is 12.7 Å². The zero-order chi connectivity index (χ0) is 17.8. The zero-order valence-corrected chi connectivity index (χ0v) is 14.8. The number of nitrogens with zero attached hydrogens (tertiary/aromatic N) is 6. The summed E-state index contributed by atoms with van der Waals surface area (Å²) in [7, 11) is 3.45. The molecule has 24 heavy (non-hydrogen) atoms. The average molecular weight is 331 g/mol. The topological polar surface area (TPSA) is 71.6 Å². The first-order chi connectivity index (χ1) is 11.2. The molecule has 3 aliphatic heterocycles. The summed E-state index contributed by atoms with van der Waals surface area (Å²) in [5.74, 6) is 0.782. The van der Waals surface area contributed by atoms with E-state index in [4.69, 9.17) is 0 Å². The normalized spacial score (nSPS) is 24.0. The Kier molecular flexibility index (Phi) is 3.58. The lowest BCUT2D eigenvalue weighted by Crippen LogP contribution is -2.63. The van der Waals surface area contributed by atoms with Crippen LogP contribution in [0, 0.1) is 5.41 Å². The van der Waals surface area contributed by atoms with Crippen molar-refractivity contribution in [1.82, 2.24) is 14.8 Å². The Bertz CT molecular complexity index is 727. The van der Waals surface area contributed by atoms with E-state index in [0.717, 1.165) is 5.71 Å². The van der Waals surface area contributed by atoms with Gasteiger partial charge in [-0.3, -0.25) is 14.6 Å². The predicted octanol–water partition coefficient (Wildman–Crippen LogP) is 0.563. The molecule has 0 radical (unpaired) electrons. The molecule has 8 nitrogen and oxygen atoms in total. The quantitative estimate of drug-likeness (QED) is 0.548. The van der Waals surface area contributed by atoms with Crippen LogP contribution < -0.4 is 0 Å². The maximum atomic E-state index is 12.9. The van der Waals surface area contributed by atoms with E-state index in [1.807, 2.05) is 11.6 Å². The number of carbonyl (C=O) groups is 2. The van der Waals surface area contributed by atoms with Crippen molar-refractivity contribution in [1.29, 1.82) is 0 Å². The van der Waals surface area contributed by atoms with Gasteiger partial charge < -0.3 is 0 Å². The first-order valence-corrected chi connectivity index (χ1v) is 7.90. The predicted molar refractivity (Wildman–Crippen MR) is 91.1 cm³/mol. The summed E-state index contributed by atoms with van der Waals surface area (Å²) in [4.78, 5) is 32.5. The van der Waals surface area contributed by atoms with Gasteiger partial charge in [0.25, 0.3) is 5.91 Å². The van der Waals surface area contributed by atoms with Crippen LogP contribution in [0.4, 0.5) is 4.79 Å². The monoisotopic (exact) mass is 331 g/mol. The number of guanidine groups is 1. The zero-order valence-electron chi connectivity index (χ0n) is 14.8. The second-order valence-electron chi connectivity index (χ2n) is 7.20. The summed E-state index contributed by atoms with van der Waals surface area (Å²) in [6, 6.07) is -0.979. The summed E-state index contributed by atoms with van der Waals surface area (Å²) in [5, 5.41) is 6.28. The Hall–Kier alpha value is -2.51. The molecule has 0 aliphatic carbocycles. The number of imide groups is 1. The number of fused-ring (bicyclic) bond motifs is 2. The molecule has 1 fully saturated rings. The van der Waals surface area contributed by atoms with Gasteiger partial charge in [0.05, 0.1) is 12.8 Å². The summed E-state index contributed by atoms with van der Waals surface area (Å²) < 4.78 is 1.92. The number of rotatable bonds is 2. The number of hydrazone groups is 1. The third-order valence-corrected chi connectivity index (χ3v) is 4.45. The van der Waals surface area contributed by atoms with Gasteiger partial charge in [-0.2, -0.15) is 0 Å². The van der Waals surface area contributed by atoms with Gasteiger partial charge in [0.2, 0.25) is 11.9 Å². The van der Waals surface area contributed by atoms with Crippen molar-refractivity contribution in [2.75, 3.05) is 27.2 Å². The molecule has 1 saturated heterocycles. The summed E-state index contributed by atoms with van der Waals surface area (Å²) in [6.07, 6.45) is 1.55. The van der Waals surface area contributed by atoms with Crippen LogP contribution in [0.2, 0.25) is 0 Å². The molecule has 0 N–H and O–H groups in total. The summed E-state index contributed by atoms with van der Waals surface area (Å²) >= 11 is 0. The molecule has 128 valence electrons. The van der Waals surface area contributed by atoms with Crippen LogP contribution in [0.25, 0.3) is 0 Å². The highest BCUT2D eigenvalue weighted by Gasteiger charge is 2.54. The van der Waals surface area contributed by atoms with Gasteiger partial charge in [0, 0.05) is 19.0 Å². The van der Waals surface area contributed by atoms with E-state index in [1.54, 1.807) is 18.1 Å². The standard InChI is InChI=1S/C16H23N6O2/c1-7-8-21-13(23)11-12(19(5)15(21)24)17-14-20(6)18-10(9-22(11)14)16(2,3)4/h7,11H,1,8-9H2,2-6H3/q+1. The average Bonchev–Trinajstić information content (AvgIpc) is 2.89. The highest BCUT2D eigenvalue weighted by atomic mass is 16.2. The minimum atomic E-state index is -0.599. The molecule has 0 aromatic heterocycles. The van der Waals surface area contributed by atoms with Gasteiger partial charge >= 0.3 is 12.0 Å². The molecular formula is C16H23N6O2+. The summed E-state index contributed by atoms with van der Waals surface area (Å²) in [6.45, 7) is 10.6. The van der Waals surface area contributed by atoms with Gasteiger partial charge in [-0.05, 0) is 0 Å². The van der Waals surface area contributed by atoms with Gasteiger partial charge in [-0.1, -0.05) is 31.8 Å². The number of amidine groups is 1. The number of urea groups is 1. The second kappa shape index (κ2) is 5.25. The molecule has 3 amide bonds. The fraction of sp³-hybridized carbons (Fsp3) is 0.562. The van der Waals surface area contributed by atoms with E-state index in [1.165, 1.54) is 9.80 Å². The molecule has 8 heteroatoms. The van der Waals surface area contributed by atoms with Crippen LogP contribution in [-0.4, -0.2) is 82.1 Å². The lowest BCUT2D eigenvalue weighted by atomic mass is 9.89. The van der Waals surface area contributed by atoms with E-state index in [-0.39, 0.29) is 23.9 Å². The number of carbonyl (C=O) groups excluding carboxylic acids is 2. The molecule has 3 aliphatic rings. The highest BCUT2D eigenvalue weighted by Crippen LogP contribution is 2.26. The Labute approximate surface area is 141 Å². The molecule has 1 unspecified atom stereocenters. The second-order valence-corrected chi connectivity index (χ2v) is 7.20. The Morgan fingerprint density at radius 1 is 1.33 bits per heavy atom. The molecule has 1 atom stereocenters. The van der Waals surface area contributed by atoms with Crippen molar-refractivity contribution in [3.63, 3.8) is 0 Å². The number of likely N-dealkylation sites (N-methyl/N-ethyl adjacent to an activating group) is 1. The lowest BCUT2D eigenvalue weighted by molar-refractivity contribution is -0.528. The van der Waals surface area contributed by atoms with Crippen LogP contribution in [0.3, 0.4) is 0 Å². The van der Waals surface area contributed by atoms with E-state index >= 15 is 0 Å². The Morgan fingerprint density at radius 3 is 2.58 bits per heavy atom. The van der Waals surface area contributed by atoms with Crippen molar-refractivity contribution < 1.29 is 14.2 Å². The van der Waals surface area contributed by atoms with Crippen LogP contribution in [0.15, 0.2) is 22.7 Å². The maximum absolute atomic E-state index is 12.9. The van der Waals surface area contributed by atoms with E-state index in [2.05, 4.69) is 37.4 Å². The third kappa shape index (κ3) is 2.24. The van der Waals surface area contributed by atoms with Crippen LogP contribution in [-0.2, 0) is 4.79 Å². The number of hydrogen-bond donors (Lipinski definition) is 0. The third-order valence-electron chi connectivity index (χ3n) is 4.45. The Morgan fingerprint density at radius 2 is 2.00 bits per heavy atom. The maximum Gasteiger partial charge on any atom is 0.416 e. The number of amides is 3. The van der Waals surface area contributed by atoms with Crippen LogP contribution >= 0.6 is 0 Å². The fourth-order valence-corrected chi connectivity index (χ4v) is 3.03. The van der Waals surface area contributed by atoms with Gasteiger partial charge in [0.15, 0.2) is 0 Å². The molecule has 0 aromatic rings. The molecular weight excluding hydrogens is 308 g/mol.